The molecular weight excluding hydrogens is 430 g/mol. The molecule has 0 aromatic heterocycles. The third-order valence-electron chi connectivity index (χ3n) is 6.05. The highest BCUT2D eigenvalue weighted by Gasteiger charge is 2.45. The number of hydrogen-bond donors (Lipinski definition) is 1. The van der Waals surface area contributed by atoms with E-state index in [2.05, 4.69) is 0 Å². The van der Waals surface area contributed by atoms with Crippen molar-refractivity contribution in [1.82, 2.24) is 0 Å². The molecule has 1 aromatic carbocycles. The highest BCUT2D eigenvalue weighted by molar-refractivity contribution is 6.03. The number of nitrogens with two attached hydrogens (primary N) is 1. The van der Waals surface area contributed by atoms with E-state index in [-0.39, 0.29) is 30.6 Å². The Balaban J connectivity index is 2.08. The predicted molar refractivity (Wildman–Crippen MR) is 117 cm³/mol. The van der Waals surface area contributed by atoms with Crippen LogP contribution < -0.4 is 24.7 Å². The van der Waals surface area contributed by atoms with E-state index in [9.17, 15) is 9.59 Å². The number of hydrogen-bond acceptors (Lipinski definition) is 9. The number of benzene rings is 1. The van der Waals surface area contributed by atoms with Crippen LogP contribution in [0.25, 0.3) is 0 Å². The summed E-state index contributed by atoms with van der Waals surface area (Å²) in [5, 5.41) is 0. The maximum absolute atomic E-state index is 13.2. The minimum Gasteiger partial charge on any atom is -0.492 e. The van der Waals surface area contributed by atoms with Gasteiger partial charge in [0.05, 0.1) is 26.7 Å². The monoisotopic (exact) mass is 459 g/mol. The Labute approximate surface area is 192 Å². The van der Waals surface area contributed by atoms with E-state index in [1.807, 2.05) is 6.92 Å². The zero-order valence-electron chi connectivity index (χ0n) is 19.4. The molecule has 33 heavy (non-hydrogen) atoms. The van der Waals surface area contributed by atoms with E-state index in [0.29, 0.717) is 65.6 Å². The van der Waals surface area contributed by atoms with Gasteiger partial charge in [-0.25, -0.2) is 4.79 Å². The molecule has 1 aliphatic carbocycles. The number of carbonyl (C=O) groups is 2. The minimum atomic E-state index is -0.847. The lowest BCUT2D eigenvalue weighted by atomic mass is 9.74. The molecule has 1 atom stereocenters. The van der Waals surface area contributed by atoms with Crippen LogP contribution in [0.15, 0.2) is 22.8 Å². The van der Waals surface area contributed by atoms with Gasteiger partial charge >= 0.3 is 5.97 Å². The Morgan fingerprint density at radius 3 is 2.42 bits per heavy atom. The average molecular weight is 459 g/mol. The molecule has 2 aliphatic heterocycles. The Morgan fingerprint density at radius 1 is 1.09 bits per heavy atom. The molecule has 9 nitrogen and oxygen atoms in total. The van der Waals surface area contributed by atoms with Gasteiger partial charge in [-0.3, -0.25) is 4.79 Å². The molecule has 1 aromatic rings. The second kappa shape index (κ2) is 9.25. The van der Waals surface area contributed by atoms with E-state index in [1.54, 1.807) is 14.0 Å². The van der Waals surface area contributed by atoms with E-state index < -0.39 is 11.9 Å². The van der Waals surface area contributed by atoms with Crippen LogP contribution >= 0.6 is 0 Å². The summed E-state index contributed by atoms with van der Waals surface area (Å²) in [5.41, 5.74) is 8.08. The summed E-state index contributed by atoms with van der Waals surface area (Å²) in [4.78, 5) is 26.3. The molecular formula is C24H29NO8. The maximum Gasteiger partial charge on any atom is 0.340 e. The summed E-state index contributed by atoms with van der Waals surface area (Å²) < 4.78 is 34.1. The van der Waals surface area contributed by atoms with Gasteiger partial charge in [0.1, 0.15) is 11.3 Å². The molecule has 0 saturated heterocycles. The van der Waals surface area contributed by atoms with Gasteiger partial charge in [0.15, 0.2) is 17.3 Å². The maximum atomic E-state index is 13.2. The number of allylic oxidation sites excluding steroid dienone is 2. The first-order valence-corrected chi connectivity index (χ1v) is 11.1. The zero-order valence-corrected chi connectivity index (χ0v) is 19.4. The van der Waals surface area contributed by atoms with Gasteiger partial charge < -0.3 is 34.2 Å². The molecule has 2 heterocycles. The number of rotatable bonds is 7. The van der Waals surface area contributed by atoms with Crippen molar-refractivity contribution in [3.63, 3.8) is 0 Å². The predicted octanol–water partition coefficient (Wildman–Crippen LogP) is 3.24. The molecule has 0 spiro atoms. The largest absolute Gasteiger partial charge is 0.492 e. The second-order valence-electron chi connectivity index (χ2n) is 7.92. The van der Waals surface area contributed by atoms with Crippen LogP contribution in [0.1, 0.15) is 56.6 Å². The molecule has 178 valence electrons. The molecule has 0 unspecified atom stereocenters. The summed E-state index contributed by atoms with van der Waals surface area (Å²) >= 11 is 0. The Kier molecular flexibility index (Phi) is 6.40. The summed E-state index contributed by atoms with van der Waals surface area (Å²) in [6.07, 6.45) is 2.89. The topological polar surface area (TPSA) is 116 Å². The van der Waals surface area contributed by atoms with Crippen molar-refractivity contribution in [2.75, 3.05) is 27.6 Å². The quantitative estimate of drug-likeness (QED) is 0.614. The summed E-state index contributed by atoms with van der Waals surface area (Å²) in [5.74, 6) is 0.465. The van der Waals surface area contributed by atoms with Crippen molar-refractivity contribution in [1.29, 1.82) is 0 Å². The fourth-order valence-electron chi connectivity index (χ4n) is 4.81. The standard InChI is InChI=1S/C24H29NO8/c1-5-8-12-15(20(29-4)22-21(19(12)28-3)31-11-32-22)17-16-13(26)9-7-10-14(16)33-23(25)18(17)24(27)30-6-2/h17H,5-11,25H2,1-4H3/t17-/m1/s1. The minimum absolute atomic E-state index is 0.000435. The number of methoxy groups -OCH3 is 2. The fourth-order valence-corrected chi connectivity index (χ4v) is 4.81. The van der Waals surface area contributed by atoms with Crippen molar-refractivity contribution in [3.8, 4) is 23.0 Å². The zero-order chi connectivity index (χ0) is 23.7. The lowest BCUT2D eigenvalue weighted by molar-refractivity contribution is -0.139. The van der Waals surface area contributed by atoms with Gasteiger partial charge in [0.2, 0.25) is 24.2 Å². The first-order chi connectivity index (χ1) is 16.0. The van der Waals surface area contributed by atoms with E-state index in [1.165, 1.54) is 7.11 Å². The highest BCUT2D eigenvalue weighted by Crippen LogP contribution is 2.57. The van der Waals surface area contributed by atoms with Crippen molar-refractivity contribution < 1.29 is 38.0 Å². The van der Waals surface area contributed by atoms with Gasteiger partial charge in [-0.05, 0) is 19.8 Å². The van der Waals surface area contributed by atoms with Gasteiger partial charge in [-0.15, -0.1) is 0 Å². The average Bonchev–Trinajstić information content (AvgIpc) is 3.27. The first kappa shape index (κ1) is 22.8. The third-order valence-corrected chi connectivity index (χ3v) is 6.05. The molecule has 0 saturated carbocycles. The van der Waals surface area contributed by atoms with Gasteiger partial charge in [-0.1, -0.05) is 13.3 Å². The van der Waals surface area contributed by atoms with Crippen LogP contribution in [0.5, 0.6) is 23.0 Å². The molecule has 0 amide bonds. The van der Waals surface area contributed by atoms with Crippen molar-refractivity contribution in [3.05, 3.63) is 33.9 Å². The smallest absolute Gasteiger partial charge is 0.340 e. The van der Waals surface area contributed by atoms with Crippen LogP contribution in [0, 0.1) is 0 Å². The van der Waals surface area contributed by atoms with Crippen LogP contribution in [0.3, 0.4) is 0 Å². The Hall–Kier alpha value is -3.36. The number of carbonyl (C=O) groups excluding carboxylic acids is 2. The lowest BCUT2D eigenvalue weighted by Crippen LogP contribution is -2.32. The Bertz CT molecular complexity index is 1060. The SMILES string of the molecule is CCCc1c(OC)c2c(c(OC)c1[C@H]1C(C(=O)OCC)=C(N)OC3=C1C(=O)CCC3)OCO2. The summed E-state index contributed by atoms with van der Waals surface area (Å²) in [6.45, 7) is 3.87. The third kappa shape index (κ3) is 3.65. The van der Waals surface area contributed by atoms with Crippen LogP contribution in [-0.4, -0.2) is 39.4 Å². The van der Waals surface area contributed by atoms with E-state index in [0.717, 1.165) is 12.0 Å². The van der Waals surface area contributed by atoms with Gasteiger partial charge in [0, 0.05) is 29.5 Å². The van der Waals surface area contributed by atoms with Crippen molar-refractivity contribution in [2.24, 2.45) is 5.73 Å². The molecule has 0 fully saturated rings. The number of esters is 1. The molecule has 9 heteroatoms. The number of Topliss-reactive ketones (excluding diaryl/α,β-unsaturated/α-hetero) is 1. The highest BCUT2D eigenvalue weighted by atomic mass is 16.7. The summed E-state index contributed by atoms with van der Waals surface area (Å²) in [7, 11) is 3.06. The van der Waals surface area contributed by atoms with Crippen LogP contribution in [0.4, 0.5) is 0 Å². The van der Waals surface area contributed by atoms with Crippen LogP contribution in [-0.2, 0) is 25.5 Å². The van der Waals surface area contributed by atoms with Gasteiger partial charge in [-0.2, -0.15) is 0 Å². The molecule has 4 rings (SSSR count). The molecule has 0 radical (unpaired) electrons. The lowest BCUT2D eigenvalue weighted by Gasteiger charge is -2.34. The van der Waals surface area contributed by atoms with E-state index in [4.69, 9.17) is 34.2 Å². The number of ether oxygens (including phenoxy) is 6. The van der Waals surface area contributed by atoms with Gasteiger partial charge in [0.25, 0.3) is 0 Å². The number of ketones is 1. The van der Waals surface area contributed by atoms with Crippen molar-refractivity contribution in [2.45, 2.75) is 51.9 Å². The molecule has 2 N–H and O–H groups in total. The van der Waals surface area contributed by atoms with Crippen molar-refractivity contribution >= 4 is 11.8 Å². The summed E-state index contributed by atoms with van der Waals surface area (Å²) in [6, 6.07) is 0. The fraction of sp³-hybridized carbons (Fsp3) is 0.500. The van der Waals surface area contributed by atoms with Crippen LogP contribution in [0.2, 0.25) is 0 Å². The second-order valence-corrected chi connectivity index (χ2v) is 7.92. The Morgan fingerprint density at radius 2 is 1.79 bits per heavy atom. The normalized spacial score (nSPS) is 19.3. The van der Waals surface area contributed by atoms with E-state index >= 15 is 0 Å². The number of fused-ring (bicyclic) bond motifs is 1. The first-order valence-electron chi connectivity index (χ1n) is 11.1. The molecule has 3 aliphatic rings. The molecule has 0 bridgehead atoms.